The molecular weight excluding hydrogens is 306 g/mol. The van der Waals surface area contributed by atoms with E-state index in [1.807, 2.05) is 31.2 Å². The summed E-state index contributed by atoms with van der Waals surface area (Å²) in [6.45, 7) is 4.08. The second-order valence-electron chi connectivity index (χ2n) is 5.73. The molecule has 0 bridgehead atoms. The van der Waals surface area contributed by atoms with Gasteiger partial charge >= 0.3 is 0 Å². The molecule has 1 saturated carbocycles. The number of amides is 1. The van der Waals surface area contributed by atoms with Gasteiger partial charge in [0.15, 0.2) is 0 Å². The molecule has 3 nitrogen and oxygen atoms in total. The molecule has 1 amide bonds. The second kappa shape index (κ2) is 6.59. The zero-order valence-electron chi connectivity index (χ0n) is 12.1. The Balaban J connectivity index is 1.63. The number of nitrogens with zero attached hydrogens (tertiary/aromatic N) is 1. The molecule has 2 unspecified atom stereocenters. The summed E-state index contributed by atoms with van der Waals surface area (Å²) in [5.74, 6) is 0.886. The van der Waals surface area contributed by atoms with E-state index in [4.69, 9.17) is 16.3 Å². The lowest BCUT2D eigenvalue weighted by molar-refractivity contribution is -0.139. The summed E-state index contributed by atoms with van der Waals surface area (Å²) in [7, 11) is 0. The summed E-state index contributed by atoms with van der Waals surface area (Å²) in [4.78, 5) is 15.9. The molecule has 2 aliphatic rings. The van der Waals surface area contributed by atoms with Crippen LogP contribution in [0.5, 0.6) is 0 Å². The third-order valence-electron chi connectivity index (χ3n) is 4.09. The lowest BCUT2D eigenvalue weighted by atomic mass is 10.1. The normalized spacial score (nSPS) is 23.9. The molecule has 0 N–H and O–H groups in total. The second-order valence-corrected chi connectivity index (χ2v) is 7.58. The Bertz CT molecular complexity index is 504. The highest BCUT2D eigenvalue weighted by Crippen LogP contribution is 2.37. The molecule has 2 fully saturated rings. The first-order chi connectivity index (χ1) is 10.1. The maximum Gasteiger partial charge on any atom is 0.236 e. The van der Waals surface area contributed by atoms with Gasteiger partial charge in [0.2, 0.25) is 5.91 Å². The molecule has 5 heteroatoms. The van der Waals surface area contributed by atoms with Crippen molar-refractivity contribution in [3.63, 3.8) is 0 Å². The van der Waals surface area contributed by atoms with Gasteiger partial charge in [-0.05, 0) is 49.9 Å². The van der Waals surface area contributed by atoms with E-state index in [-0.39, 0.29) is 11.2 Å². The minimum absolute atomic E-state index is 0.0782. The quantitative estimate of drug-likeness (QED) is 0.794. The summed E-state index contributed by atoms with van der Waals surface area (Å²) in [5.41, 5.74) is 0. The lowest BCUT2D eigenvalue weighted by Crippen LogP contribution is -2.52. The lowest BCUT2D eigenvalue weighted by Gasteiger charge is -2.37. The van der Waals surface area contributed by atoms with Crippen molar-refractivity contribution in [3.8, 4) is 0 Å². The fourth-order valence-electron chi connectivity index (χ4n) is 2.77. The fourth-order valence-corrected chi connectivity index (χ4v) is 3.83. The number of carbonyl (C=O) groups excluding carboxylic acids is 1. The van der Waals surface area contributed by atoms with Crippen LogP contribution in [0.15, 0.2) is 29.2 Å². The van der Waals surface area contributed by atoms with Crippen molar-refractivity contribution in [1.82, 2.24) is 4.90 Å². The number of hydrogen-bond acceptors (Lipinski definition) is 3. The number of hydrogen-bond donors (Lipinski definition) is 0. The molecular formula is C16H20ClNO2S. The van der Waals surface area contributed by atoms with Gasteiger partial charge in [-0.15, -0.1) is 11.8 Å². The van der Waals surface area contributed by atoms with E-state index in [1.54, 1.807) is 11.8 Å². The van der Waals surface area contributed by atoms with Crippen molar-refractivity contribution in [2.75, 3.05) is 19.8 Å². The van der Waals surface area contributed by atoms with Crippen LogP contribution >= 0.6 is 23.4 Å². The van der Waals surface area contributed by atoms with Gasteiger partial charge in [0.05, 0.1) is 24.5 Å². The number of thioether (sulfide) groups is 1. The molecule has 1 aliphatic heterocycles. The van der Waals surface area contributed by atoms with Gasteiger partial charge in [-0.2, -0.15) is 0 Å². The Morgan fingerprint density at radius 2 is 2.10 bits per heavy atom. The van der Waals surface area contributed by atoms with E-state index >= 15 is 0 Å². The molecule has 0 radical (unpaired) electrons. The van der Waals surface area contributed by atoms with E-state index in [1.165, 1.54) is 12.8 Å². The molecule has 3 rings (SSSR count). The first kappa shape index (κ1) is 15.2. The first-order valence-corrected chi connectivity index (χ1v) is 8.71. The number of ether oxygens (including phenoxy) is 1. The predicted octanol–water partition coefficient (Wildman–Crippen LogP) is 3.46. The number of benzene rings is 1. The van der Waals surface area contributed by atoms with E-state index in [2.05, 4.69) is 4.90 Å². The molecule has 0 aromatic heterocycles. The fraction of sp³-hybridized carbons (Fsp3) is 0.562. The Kier molecular flexibility index (Phi) is 4.77. The Morgan fingerprint density at radius 3 is 2.76 bits per heavy atom. The van der Waals surface area contributed by atoms with Gasteiger partial charge in [-0.1, -0.05) is 11.6 Å². The van der Waals surface area contributed by atoms with Gasteiger partial charge < -0.3 is 9.64 Å². The van der Waals surface area contributed by atoms with Crippen molar-refractivity contribution in [2.24, 2.45) is 5.92 Å². The number of rotatable bonds is 4. The third kappa shape index (κ3) is 3.74. The molecule has 1 aromatic carbocycles. The molecule has 2 atom stereocenters. The van der Waals surface area contributed by atoms with Gasteiger partial charge in [0.25, 0.3) is 0 Å². The average molecular weight is 326 g/mol. The maximum absolute atomic E-state index is 12.7. The predicted molar refractivity (Wildman–Crippen MR) is 85.8 cm³/mol. The zero-order valence-corrected chi connectivity index (χ0v) is 13.7. The summed E-state index contributed by atoms with van der Waals surface area (Å²) >= 11 is 7.49. The van der Waals surface area contributed by atoms with E-state index in [0.717, 1.165) is 16.5 Å². The topological polar surface area (TPSA) is 29.5 Å². The van der Waals surface area contributed by atoms with Crippen LogP contribution in [0.4, 0.5) is 0 Å². The summed E-state index contributed by atoms with van der Waals surface area (Å²) in [6.07, 6.45) is 2.47. The van der Waals surface area contributed by atoms with Gasteiger partial charge in [-0.25, -0.2) is 0 Å². The molecule has 21 heavy (non-hydrogen) atoms. The Labute approximate surface area is 135 Å². The van der Waals surface area contributed by atoms with E-state index < -0.39 is 0 Å². The van der Waals surface area contributed by atoms with Crippen molar-refractivity contribution in [2.45, 2.75) is 36.0 Å². The van der Waals surface area contributed by atoms with Crippen molar-refractivity contribution < 1.29 is 9.53 Å². The molecule has 1 heterocycles. The minimum atomic E-state index is -0.0782. The standard InChI is InChI=1S/C16H20ClNO2S/c1-11(21-14-6-4-13(17)5-7-14)16(19)18-8-9-20-10-15(18)12-2-3-12/h4-7,11-12,15H,2-3,8-10H2,1H3. The van der Waals surface area contributed by atoms with Crippen LogP contribution in [0.25, 0.3) is 0 Å². The Morgan fingerprint density at radius 1 is 1.38 bits per heavy atom. The van der Waals surface area contributed by atoms with Crippen LogP contribution in [-0.2, 0) is 9.53 Å². The van der Waals surface area contributed by atoms with E-state index in [9.17, 15) is 4.79 Å². The monoisotopic (exact) mass is 325 g/mol. The number of halogens is 1. The molecule has 1 aromatic rings. The third-order valence-corrected chi connectivity index (χ3v) is 5.44. The van der Waals surface area contributed by atoms with Gasteiger partial charge in [-0.3, -0.25) is 4.79 Å². The smallest absolute Gasteiger partial charge is 0.236 e. The SMILES string of the molecule is CC(Sc1ccc(Cl)cc1)C(=O)N1CCOCC1C1CC1. The first-order valence-electron chi connectivity index (χ1n) is 7.45. The summed E-state index contributed by atoms with van der Waals surface area (Å²) in [6, 6.07) is 7.95. The van der Waals surface area contributed by atoms with Crippen LogP contribution in [0.3, 0.4) is 0 Å². The Hall–Kier alpha value is -0.710. The minimum Gasteiger partial charge on any atom is -0.377 e. The summed E-state index contributed by atoms with van der Waals surface area (Å²) < 4.78 is 5.56. The van der Waals surface area contributed by atoms with Gasteiger partial charge in [0.1, 0.15) is 0 Å². The van der Waals surface area contributed by atoms with Crippen molar-refractivity contribution in [1.29, 1.82) is 0 Å². The highest BCUT2D eigenvalue weighted by atomic mass is 35.5. The summed E-state index contributed by atoms with van der Waals surface area (Å²) in [5, 5.41) is 0.644. The number of carbonyl (C=O) groups is 1. The van der Waals surface area contributed by atoms with Crippen molar-refractivity contribution in [3.05, 3.63) is 29.3 Å². The van der Waals surface area contributed by atoms with Gasteiger partial charge in [0, 0.05) is 16.5 Å². The largest absolute Gasteiger partial charge is 0.377 e. The van der Waals surface area contributed by atoms with Crippen LogP contribution in [0.1, 0.15) is 19.8 Å². The maximum atomic E-state index is 12.7. The number of morpholine rings is 1. The molecule has 1 saturated heterocycles. The van der Waals surface area contributed by atoms with Crippen molar-refractivity contribution >= 4 is 29.3 Å². The van der Waals surface area contributed by atoms with Crippen LogP contribution in [0.2, 0.25) is 5.02 Å². The van der Waals surface area contributed by atoms with E-state index in [0.29, 0.717) is 25.2 Å². The van der Waals surface area contributed by atoms with Crippen LogP contribution < -0.4 is 0 Å². The highest BCUT2D eigenvalue weighted by Gasteiger charge is 2.40. The highest BCUT2D eigenvalue weighted by molar-refractivity contribution is 8.00. The molecule has 114 valence electrons. The molecule has 0 spiro atoms. The zero-order chi connectivity index (χ0) is 14.8. The average Bonchev–Trinajstić information content (AvgIpc) is 3.33. The van der Waals surface area contributed by atoms with Crippen LogP contribution in [0, 0.1) is 5.92 Å². The molecule has 1 aliphatic carbocycles. The van der Waals surface area contributed by atoms with Crippen LogP contribution in [-0.4, -0.2) is 41.9 Å².